The van der Waals surface area contributed by atoms with Crippen molar-refractivity contribution in [3.8, 4) is 5.75 Å². The average molecular weight is 539 g/mol. The van der Waals surface area contributed by atoms with Crippen LogP contribution < -0.4 is 26.0 Å². The Labute approximate surface area is 210 Å². The molecule has 4 fully saturated rings. The molecule has 13 heteroatoms. The van der Waals surface area contributed by atoms with Gasteiger partial charge in [0.25, 0.3) is 5.91 Å². The van der Waals surface area contributed by atoms with Crippen LogP contribution in [0, 0.1) is 0 Å². The van der Waals surface area contributed by atoms with E-state index in [2.05, 4.69) is 21.3 Å². The van der Waals surface area contributed by atoms with E-state index >= 15 is 0 Å². The lowest BCUT2D eigenvalue weighted by atomic mass is 9.59. The Morgan fingerprint density at radius 3 is 2.37 bits per heavy atom. The Morgan fingerprint density at radius 2 is 1.80 bits per heavy atom. The van der Waals surface area contributed by atoms with Crippen molar-refractivity contribution < 1.29 is 32.6 Å². The number of rotatable bonds is 6. The highest BCUT2D eigenvalue weighted by molar-refractivity contribution is 6.42. The lowest BCUT2D eigenvalue weighted by molar-refractivity contribution is -0.160. The van der Waals surface area contributed by atoms with Gasteiger partial charge in [-0.3, -0.25) is 9.59 Å². The smallest absolute Gasteiger partial charge is 0.405 e. The highest BCUT2D eigenvalue weighted by Gasteiger charge is 2.55. The molecule has 5 N–H and O–H groups in total. The summed E-state index contributed by atoms with van der Waals surface area (Å²) in [6.45, 7) is -0.808. The summed E-state index contributed by atoms with van der Waals surface area (Å²) in [5, 5.41) is 22.4. The second-order valence-electron chi connectivity index (χ2n) is 9.52. The lowest BCUT2D eigenvalue weighted by Crippen LogP contribution is -2.72. The van der Waals surface area contributed by atoms with Crippen LogP contribution in [-0.2, 0) is 9.59 Å². The number of alkyl halides is 3. The summed E-state index contributed by atoms with van der Waals surface area (Å²) >= 11 is 11.8. The SMILES string of the molecule is O=C(COc1ccc(Cl)c(Cl)c1)NC12CCC(NC(=O)C3CNC(C(F)(F)F)CN3)(CC1)C[C@@H]2O. The van der Waals surface area contributed by atoms with Crippen molar-refractivity contribution in [2.24, 2.45) is 0 Å². The number of amides is 2. The van der Waals surface area contributed by atoms with E-state index in [9.17, 15) is 27.9 Å². The molecular formula is C22H27Cl2F3N4O4. The average Bonchev–Trinajstić information content (AvgIpc) is 2.80. The van der Waals surface area contributed by atoms with Crippen LogP contribution in [0.5, 0.6) is 5.75 Å². The summed E-state index contributed by atoms with van der Waals surface area (Å²) in [4.78, 5) is 25.3. The van der Waals surface area contributed by atoms with Gasteiger partial charge in [0.05, 0.1) is 27.7 Å². The van der Waals surface area contributed by atoms with Crippen molar-refractivity contribution in [2.45, 2.75) is 67.5 Å². The first-order valence-electron chi connectivity index (χ1n) is 11.3. The number of halogens is 5. The van der Waals surface area contributed by atoms with E-state index in [-0.39, 0.29) is 19.6 Å². The minimum Gasteiger partial charge on any atom is -0.484 e. The van der Waals surface area contributed by atoms with Crippen LogP contribution in [0.4, 0.5) is 13.2 Å². The third kappa shape index (κ3) is 5.80. The number of benzene rings is 1. The van der Waals surface area contributed by atoms with Gasteiger partial charge in [0.2, 0.25) is 5.91 Å². The number of aliphatic hydroxyl groups excluding tert-OH is 1. The summed E-state index contributed by atoms with van der Waals surface area (Å²) in [5.74, 6) is -0.418. The van der Waals surface area contributed by atoms with Gasteiger partial charge in [0.15, 0.2) is 6.61 Å². The van der Waals surface area contributed by atoms with Crippen LogP contribution in [0.1, 0.15) is 32.1 Å². The van der Waals surface area contributed by atoms with Gasteiger partial charge in [-0.05, 0) is 44.2 Å². The third-order valence-electron chi connectivity index (χ3n) is 7.21. The maximum absolute atomic E-state index is 12.8. The van der Waals surface area contributed by atoms with Crippen molar-refractivity contribution in [3.05, 3.63) is 28.2 Å². The molecule has 1 heterocycles. The lowest BCUT2D eigenvalue weighted by Gasteiger charge is -2.56. The fourth-order valence-corrected chi connectivity index (χ4v) is 5.41. The predicted molar refractivity (Wildman–Crippen MR) is 122 cm³/mol. The zero-order valence-corrected chi connectivity index (χ0v) is 20.2. The molecule has 0 aromatic heterocycles. The van der Waals surface area contributed by atoms with Crippen molar-refractivity contribution in [1.82, 2.24) is 21.3 Å². The Kier molecular flexibility index (Phi) is 7.46. The maximum Gasteiger partial charge on any atom is 0.405 e. The van der Waals surface area contributed by atoms with Crippen LogP contribution in [0.25, 0.3) is 0 Å². The molecule has 0 radical (unpaired) electrons. The first kappa shape index (κ1) is 26.3. The molecule has 2 amide bonds. The second kappa shape index (κ2) is 9.93. The van der Waals surface area contributed by atoms with Crippen LogP contribution in [-0.4, -0.2) is 72.1 Å². The van der Waals surface area contributed by atoms with E-state index in [1.165, 1.54) is 6.07 Å². The molecule has 1 aliphatic heterocycles. The van der Waals surface area contributed by atoms with Crippen molar-refractivity contribution in [2.75, 3.05) is 19.7 Å². The molecule has 0 spiro atoms. The molecular weight excluding hydrogens is 512 g/mol. The number of piperazine rings is 1. The van der Waals surface area contributed by atoms with Crippen LogP contribution in [0.3, 0.4) is 0 Å². The number of aliphatic hydroxyl groups is 1. The monoisotopic (exact) mass is 538 g/mol. The van der Waals surface area contributed by atoms with Gasteiger partial charge in [0, 0.05) is 24.7 Å². The van der Waals surface area contributed by atoms with E-state index in [0.717, 1.165) is 0 Å². The van der Waals surface area contributed by atoms with Crippen LogP contribution in [0.15, 0.2) is 18.2 Å². The summed E-state index contributed by atoms with van der Waals surface area (Å²) in [7, 11) is 0. The molecule has 8 nitrogen and oxygen atoms in total. The Morgan fingerprint density at radius 1 is 1.09 bits per heavy atom. The molecule has 3 saturated carbocycles. The van der Waals surface area contributed by atoms with E-state index < -0.39 is 53.8 Å². The fraction of sp³-hybridized carbons (Fsp3) is 0.636. The molecule has 2 unspecified atom stereocenters. The molecule has 3 atom stereocenters. The van der Waals surface area contributed by atoms with Gasteiger partial charge in [-0.15, -0.1) is 0 Å². The molecule has 4 aliphatic rings. The second-order valence-corrected chi connectivity index (χ2v) is 10.3. The highest BCUT2D eigenvalue weighted by atomic mass is 35.5. The van der Waals surface area contributed by atoms with Gasteiger partial charge in [-0.2, -0.15) is 13.2 Å². The quantitative estimate of drug-likeness (QED) is 0.378. The van der Waals surface area contributed by atoms with Gasteiger partial charge >= 0.3 is 6.18 Å². The normalized spacial score (nSPS) is 32.7. The highest BCUT2D eigenvalue weighted by Crippen LogP contribution is 2.47. The fourth-order valence-electron chi connectivity index (χ4n) is 5.12. The molecule has 3 aliphatic carbocycles. The molecule has 2 bridgehead atoms. The van der Waals surface area contributed by atoms with E-state index in [0.29, 0.717) is 41.5 Å². The first-order valence-corrected chi connectivity index (χ1v) is 12.1. The molecule has 194 valence electrons. The zero-order valence-electron chi connectivity index (χ0n) is 18.7. The summed E-state index contributed by atoms with van der Waals surface area (Å²) < 4.78 is 43.9. The molecule has 1 aromatic rings. The Balaban J connectivity index is 1.28. The number of fused-ring (bicyclic) bond motifs is 3. The van der Waals surface area contributed by atoms with Crippen LogP contribution in [0.2, 0.25) is 10.0 Å². The van der Waals surface area contributed by atoms with Crippen molar-refractivity contribution in [1.29, 1.82) is 0 Å². The maximum atomic E-state index is 12.8. The van der Waals surface area contributed by atoms with Gasteiger partial charge in [-0.25, -0.2) is 0 Å². The minimum absolute atomic E-state index is 0.145. The van der Waals surface area contributed by atoms with E-state index in [4.69, 9.17) is 27.9 Å². The Bertz CT molecular complexity index is 965. The minimum atomic E-state index is -4.38. The standard InChI is InChI=1S/C22H27Cl2F3N4O4/c23-13-2-1-12(7-14(13)24)35-11-18(33)30-21-5-3-20(4-6-21,8-17(21)32)31-19(34)15-9-29-16(10-28-15)22(25,26)27/h1-2,7,15-17,28-29,32H,3-6,8-11H2,(H,30,33)(H,31,34)/t15?,16?,17-,20?,21?/m0/s1. The topological polar surface area (TPSA) is 112 Å². The predicted octanol–water partition coefficient (Wildman–Crippen LogP) is 1.91. The number of carbonyl (C=O) groups excluding carboxylic acids is 2. The third-order valence-corrected chi connectivity index (χ3v) is 7.95. The number of carbonyl (C=O) groups is 2. The van der Waals surface area contributed by atoms with Crippen molar-refractivity contribution >= 4 is 35.0 Å². The van der Waals surface area contributed by atoms with Gasteiger partial charge < -0.3 is 31.1 Å². The summed E-state index contributed by atoms with van der Waals surface area (Å²) in [6.07, 6.45) is -3.11. The number of hydrogen-bond donors (Lipinski definition) is 5. The number of nitrogens with one attached hydrogen (secondary N) is 4. The summed E-state index contributed by atoms with van der Waals surface area (Å²) in [5.41, 5.74) is -1.49. The molecule has 5 rings (SSSR count). The Hall–Kier alpha value is -1.79. The molecule has 1 saturated heterocycles. The summed E-state index contributed by atoms with van der Waals surface area (Å²) in [6, 6.07) is 2.16. The molecule has 1 aromatic carbocycles. The van der Waals surface area contributed by atoms with Gasteiger partial charge in [0.1, 0.15) is 11.8 Å². The zero-order chi connectivity index (χ0) is 25.4. The molecule has 35 heavy (non-hydrogen) atoms. The number of ether oxygens (including phenoxy) is 1. The first-order chi connectivity index (χ1) is 16.4. The van der Waals surface area contributed by atoms with Crippen molar-refractivity contribution in [3.63, 3.8) is 0 Å². The van der Waals surface area contributed by atoms with Gasteiger partial charge in [-0.1, -0.05) is 23.2 Å². The van der Waals surface area contributed by atoms with E-state index in [1.807, 2.05) is 0 Å². The number of hydrogen-bond acceptors (Lipinski definition) is 6. The van der Waals surface area contributed by atoms with Crippen LogP contribution >= 0.6 is 23.2 Å². The largest absolute Gasteiger partial charge is 0.484 e. The van der Waals surface area contributed by atoms with E-state index in [1.54, 1.807) is 12.1 Å².